The van der Waals surface area contributed by atoms with Crippen LogP contribution in [0.25, 0.3) is 0 Å². The maximum absolute atomic E-state index is 12.3. The van der Waals surface area contributed by atoms with E-state index < -0.39 is 10.0 Å². The summed E-state index contributed by atoms with van der Waals surface area (Å²) in [6.07, 6.45) is 5.11. The Balaban J connectivity index is 1.99. The van der Waals surface area contributed by atoms with Crippen molar-refractivity contribution in [3.05, 3.63) is 23.5 Å². The molecule has 1 aromatic heterocycles. The van der Waals surface area contributed by atoms with Gasteiger partial charge in [-0.1, -0.05) is 18.0 Å². The van der Waals surface area contributed by atoms with E-state index >= 15 is 0 Å². The second kappa shape index (κ2) is 6.85. The molecule has 1 saturated heterocycles. The van der Waals surface area contributed by atoms with Gasteiger partial charge in [-0.05, 0) is 45.0 Å². The molecule has 1 aliphatic heterocycles. The van der Waals surface area contributed by atoms with Crippen LogP contribution in [-0.4, -0.2) is 44.0 Å². The lowest BCUT2D eigenvalue weighted by molar-refractivity contribution is 0.215. The number of aromatic nitrogens is 1. The fourth-order valence-electron chi connectivity index (χ4n) is 2.47. The molecule has 0 saturated carbocycles. The Morgan fingerprint density at radius 1 is 1.40 bits per heavy atom. The number of pyridine rings is 1. The van der Waals surface area contributed by atoms with E-state index in [1.165, 1.54) is 31.5 Å². The first-order valence-corrected chi connectivity index (χ1v) is 8.70. The van der Waals surface area contributed by atoms with Crippen LogP contribution >= 0.6 is 11.6 Å². The molecule has 1 aliphatic rings. The van der Waals surface area contributed by atoms with E-state index in [1.807, 2.05) is 6.92 Å². The molecule has 20 heavy (non-hydrogen) atoms. The van der Waals surface area contributed by atoms with Gasteiger partial charge < -0.3 is 4.90 Å². The highest BCUT2D eigenvalue weighted by molar-refractivity contribution is 7.89. The Kier molecular flexibility index (Phi) is 5.37. The number of hydrogen-bond donors (Lipinski definition) is 1. The molecule has 0 radical (unpaired) electrons. The maximum atomic E-state index is 12.3. The number of likely N-dealkylation sites (tertiary alicyclic amines) is 1. The zero-order valence-corrected chi connectivity index (χ0v) is 13.1. The molecule has 2 rings (SSSR count). The number of halogens is 1. The fourth-order valence-corrected chi connectivity index (χ4v) is 4.15. The van der Waals surface area contributed by atoms with E-state index in [0.717, 1.165) is 19.6 Å². The van der Waals surface area contributed by atoms with Crippen LogP contribution in [0.5, 0.6) is 0 Å². The van der Waals surface area contributed by atoms with Crippen molar-refractivity contribution < 1.29 is 8.42 Å². The van der Waals surface area contributed by atoms with E-state index in [-0.39, 0.29) is 16.1 Å². The third kappa shape index (κ3) is 4.15. The van der Waals surface area contributed by atoms with Gasteiger partial charge in [-0.25, -0.2) is 18.1 Å². The zero-order chi connectivity index (χ0) is 14.6. The summed E-state index contributed by atoms with van der Waals surface area (Å²) in [5.41, 5.74) is 0. The Morgan fingerprint density at radius 2 is 2.10 bits per heavy atom. The van der Waals surface area contributed by atoms with Gasteiger partial charge in [0, 0.05) is 18.8 Å². The number of piperidine rings is 1. The van der Waals surface area contributed by atoms with E-state index in [4.69, 9.17) is 11.6 Å². The van der Waals surface area contributed by atoms with Crippen LogP contribution < -0.4 is 4.72 Å². The van der Waals surface area contributed by atoms with E-state index in [2.05, 4.69) is 14.6 Å². The number of sulfonamides is 1. The summed E-state index contributed by atoms with van der Waals surface area (Å²) in [4.78, 5) is 6.13. The molecule has 0 aromatic carbocycles. The predicted molar refractivity (Wildman–Crippen MR) is 79.3 cm³/mol. The third-order valence-electron chi connectivity index (χ3n) is 3.35. The molecule has 7 heteroatoms. The molecule has 1 atom stereocenters. The monoisotopic (exact) mass is 317 g/mol. The lowest BCUT2D eigenvalue weighted by Crippen LogP contribution is -2.43. The van der Waals surface area contributed by atoms with Crippen molar-refractivity contribution in [1.82, 2.24) is 14.6 Å². The topological polar surface area (TPSA) is 62.3 Å². The standard InChI is InChI=1S/C13H20ClN3O2S/c1-11(10-17-8-3-2-4-9-17)16-20(18,19)12-6-5-7-15-13(12)14/h5-7,11,16H,2-4,8-10H2,1H3. The minimum absolute atomic E-state index is 0.00479. The maximum Gasteiger partial charge on any atom is 0.243 e. The van der Waals surface area contributed by atoms with Gasteiger partial charge in [0.25, 0.3) is 0 Å². The molecule has 0 spiro atoms. The summed E-state index contributed by atoms with van der Waals surface area (Å²) >= 11 is 5.84. The Hall–Kier alpha value is -0.690. The average molecular weight is 318 g/mol. The molecule has 0 bridgehead atoms. The number of hydrogen-bond acceptors (Lipinski definition) is 4. The van der Waals surface area contributed by atoms with E-state index in [0.29, 0.717) is 0 Å². The highest BCUT2D eigenvalue weighted by atomic mass is 35.5. The van der Waals surface area contributed by atoms with Gasteiger partial charge in [0.15, 0.2) is 0 Å². The minimum Gasteiger partial charge on any atom is -0.302 e. The number of nitrogens with zero attached hydrogens (tertiary/aromatic N) is 2. The Labute approximate surface area is 125 Å². The molecule has 1 fully saturated rings. The van der Waals surface area contributed by atoms with Gasteiger partial charge in [-0.3, -0.25) is 0 Å². The van der Waals surface area contributed by atoms with Crippen LogP contribution in [-0.2, 0) is 10.0 Å². The Morgan fingerprint density at radius 3 is 2.75 bits per heavy atom. The van der Waals surface area contributed by atoms with Gasteiger partial charge in [0.1, 0.15) is 10.0 Å². The van der Waals surface area contributed by atoms with Gasteiger partial charge in [-0.15, -0.1) is 0 Å². The lowest BCUT2D eigenvalue weighted by atomic mass is 10.1. The fraction of sp³-hybridized carbons (Fsp3) is 0.615. The summed E-state index contributed by atoms with van der Waals surface area (Å²) in [6, 6.07) is 2.87. The molecule has 0 aliphatic carbocycles. The smallest absolute Gasteiger partial charge is 0.243 e. The second-order valence-corrected chi connectivity index (χ2v) is 7.22. The first-order chi connectivity index (χ1) is 9.49. The van der Waals surface area contributed by atoms with E-state index in [1.54, 1.807) is 6.07 Å². The SMILES string of the molecule is CC(CN1CCCCC1)NS(=O)(=O)c1cccnc1Cl. The van der Waals surface area contributed by atoms with E-state index in [9.17, 15) is 8.42 Å². The van der Waals surface area contributed by atoms with Gasteiger partial charge in [-0.2, -0.15) is 0 Å². The molecule has 1 aromatic rings. The number of rotatable bonds is 5. The number of nitrogens with one attached hydrogen (secondary N) is 1. The molecule has 1 N–H and O–H groups in total. The van der Waals surface area contributed by atoms with Crippen LogP contribution in [0, 0.1) is 0 Å². The van der Waals surface area contributed by atoms with Crippen molar-refractivity contribution >= 4 is 21.6 Å². The molecular weight excluding hydrogens is 298 g/mol. The Bertz CT molecular complexity index is 544. The molecular formula is C13H20ClN3O2S. The molecule has 2 heterocycles. The van der Waals surface area contributed by atoms with Gasteiger partial charge in [0.05, 0.1) is 0 Å². The van der Waals surface area contributed by atoms with Crippen molar-refractivity contribution in [3.8, 4) is 0 Å². The normalized spacial score (nSPS) is 18.9. The van der Waals surface area contributed by atoms with Crippen LogP contribution in [0.2, 0.25) is 5.15 Å². The predicted octanol–water partition coefficient (Wildman–Crippen LogP) is 1.89. The minimum atomic E-state index is -3.61. The zero-order valence-electron chi connectivity index (χ0n) is 11.5. The van der Waals surface area contributed by atoms with Crippen LogP contribution in [0.4, 0.5) is 0 Å². The van der Waals surface area contributed by atoms with Crippen molar-refractivity contribution in [2.45, 2.75) is 37.1 Å². The van der Waals surface area contributed by atoms with Crippen molar-refractivity contribution in [2.24, 2.45) is 0 Å². The van der Waals surface area contributed by atoms with Crippen LogP contribution in [0.3, 0.4) is 0 Å². The largest absolute Gasteiger partial charge is 0.302 e. The lowest BCUT2D eigenvalue weighted by Gasteiger charge is -2.29. The van der Waals surface area contributed by atoms with Gasteiger partial charge >= 0.3 is 0 Å². The molecule has 112 valence electrons. The summed E-state index contributed by atoms with van der Waals surface area (Å²) < 4.78 is 27.2. The third-order valence-corrected chi connectivity index (χ3v) is 5.39. The highest BCUT2D eigenvalue weighted by Gasteiger charge is 2.22. The van der Waals surface area contributed by atoms with Crippen LogP contribution in [0.15, 0.2) is 23.2 Å². The summed E-state index contributed by atoms with van der Waals surface area (Å²) in [5, 5.41) is 0.00479. The van der Waals surface area contributed by atoms with Crippen LogP contribution in [0.1, 0.15) is 26.2 Å². The first-order valence-electron chi connectivity index (χ1n) is 6.84. The van der Waals surface area contributed by atoms with Crippen molar-refractivity contribution in [3.63, 3.8) is 0 Å². The van der Waals surface area contributed by atoms with Crippen molar-refractivity contribution in [1.29, 1.82) is 0 Å². The first kappa shape index (κ1) is 15.7. The molecule has 1 unspecified atom stereocenters. The summed E-state index contributed by atoms with van der Waals surface area (Å²) in [5.74, 6) is 0. The quantitative estimate of drug-likeness (QED) is 0.842. The second-order valence-electron chi connectivity index (χ2n) is 5.18. The molecule has 0 amide bonds. The summed E-state index contributed by atoms with van der Waals surface area (Å²) in [7, 11) is -3.61. The summed E-state index contributed by atoms with van der Waals surface area (Å²) in [6.45, 7) is 4.67. The molecule has 5 nitrogen and oxygen atoms in total. The highest BCUT2D eigenvalue weighted by Crippen LogP contribution is 2.18. The van der Waals surface area contributed by atoms with Crippen molar-refractivity contribution in [2.75, 3.05) is 19.6 Å². The average Bonchev–Trinajstić information content (AvgIpc) is 2.39. The van der Waals surface area contributed by atoms with Gasteiger partial charge in [0.2, 0.25) is 10.0 Å².